The number of nitrogens with zero attached hydrogens (tertiary/aromatic N) is 4. The van der Waals surface area contributed by atoms with E-state index in [-0.39, 0.29) is 11.8 Å². The van der Waals surface area contributed by atoms with Crippen LogP contribution in [-0.2, 0) is 17.9 Å². The van der Waals surface area contributed by atoms with E-state index < -0.39 is 11.5 Å². The molecule has 0 spiro atoms. The maximum absolute atomic E-state index is 13.5. The predicted octanol–water partition coefficient (Wildman–Crippen LogP) is 3.51. The Kier molecular flexibility index (Phi) is 6.61. The molecular formula is C25H29ClN6O2. The van der Waals surface area contributed by atoms with Crippen LogP contribution in [0.5, 0.6) is 0 Å². The van der Waals surface area contributed by atoms with E-state index in [0.29, 0.717) is 30.5 Å². The summed E-state index contributed by atoms with van der Waals surface area (Å²) in [6.07, 6.45) is 0. The Balaban J connectivity index is 1.74. The van der Waals surface area contributed by atoms with Crippen LogP contribution in [0.2, 0.25) is 5.15 Å². The lowest BCUT2D eigenvalue weighted by molar-refractivity contribution is -0.124. The zero-order valence-corrected chi connectivity index (χ0v) is 20.6. The van der Waals surface area contributed by atoms with Crippen molar-refractivity contribution in [2.45, 2.75) is 39.9 Å². The van der Waals surface area contributed by atoms with Crippen molar-refractivity contribution in [3.8, 4) is 11.4 Å². The maximum Gasteiger partial charge on any atom is 0.272 e. The van der Waals surface area contributed by atoms with E-state index in [1.165, 1.54) is 0 Å². The molecule has 3 heterocycles. The van der Waals surface area contributed by atoms with Gasteiger partial charge in [-0.2, -0.15) is 0 Å². The number of likely N-dealkylation sites (N-methyl/N-ethyl adjacent to an activating group) is 1. The summed E-state index contributed by atoms with van der Waals surface area (Å²) in [6.45, 7) is 7.51. The summed E-state index contributed by atoms with van der Waals surface area (Å²) in [5, 5.41) is 5.98. The molecule has 2 aromatic heterocycles. The van der Waals surface area contributed by atoms with Crippen molar-refractivity contribution in [2.24, 2.45) is 5.41 Å². The van der Waals surface area contributed by atoms with Crippen molar-refractivity contribution < 1.29 is 9.59 Å². The van der Waals surface area contributed by atoms with Crippen molar-refractivity contribution in [3.05, 3.63) is 65.1 Å². The first-order valence-corrected chi connectivity index (χ1v) is 11.6. The van der Waals surface area contributed by atoms with Gasteiger partial charge in [0, 0.05) is 25.7 Å². The van der Waals surface area contributed by atoms with Crippen LogP contribution in [0.25, 0.3) is 11.4 Å². The predicted molar refractivity (Wildman–Crippen MR) is 133 cm³/mol. The number of hydrogen-bond acceptors (Lipinski definition) is 5. The maximum atomic E-state index is 13.5. The van der Waals surface area contributed by atoms with Gasteiger partial charge >= 0.3 is 0 Å². The standard InChI is InChI=1S/C25H29ClN6O2/c1-25(2,3)21(24(34)27-4)30-23(33)20-17-15-31(19-12-8-11-18(26)28-19)13-14-32(17)22(29-20)16-9-6-5-7-10-16/h5-12,21H,13-15H2,1-4H3,(H,27,34)(H,30,33)/t21-/m1/s1. The zero-order valence-electron chi connectivity index (χ0n) is 19.8. The molecule has 178 valence electrons. The van der Waals surface area contributed by atoms with E-state index >= 15 is 0 Å². The minimum absolute atomic E-state index is 0.248. The van der Waals surface area contributed by atoms with E-state index in [9.17, 15) is 9.59 Å². The second-order valence-electron chi connectivity index (χ2n) is 9.38. The number of benzene rings is 1. The van der Waals surface area contributed by atoms with Crippen LogP contribution >= 0.6 is 11.6 Å². The molecule has 4 rings (SSSR count). The molecule has 0 aliphatic carbocycles. The summed E-state index contributed by atoms with van der Waals surface area (Å²) in [5.41, 5.74) is 1.53. The largest absolute Gasteiger partial charge is 0.357 e. The number of rotatable bonds is 5. The Morgan fingerprint density at radius 3 is 2.41 bits per heavy atom. The molecule has 34 heavy (non-hydrogen) atoms. The van der Waals surface area contributed by atoms with Gasteiger partial charge in [0.1, 0.15) is 22.8 Å². The first-order chi connectivity index (χ1) is 16.2. The second-order valence-corrected chi connectivity index (χ2v) is 9.76. The van der Waals surface area contributed by atoms with Gasteiger partial charge in [-0.05, 0) is 17.5 Å². The molecule has 8 nitrogen and oxygen atoms in total. The number of pyridine rings is 1. The number of imidazole rings is 1. The molecule has 0 bridgehead atoms. The summed E-state index contributed by atoms with van der Waals surface area (Å²) < 4.78 is 2.08. The summed E-state index contributed by atoms with van der Waals surface area (Å²) >= 11 is 6.12. The van der Waals surface area contributed by atoms with E-state index in [0.717, 1.165) is 22.9 Å². The Morgan fingerprint density at radius 1 is 1.03 bits per heavy atom. The molecule has 1 aromatic carbocycles. The number of carbonyl (C=O) groups is 2. The number of nitrogens with one attached hydrogen (secondary N) is 2. The first kappa shape index (κ1) is 23.8. The molecule has 1 atom stereocenters. The lowest BCUT2D eigenvalue weighted by Crippen LogP contribution is -2.53. The normalized spacial score (nSPS) is 14.3. The molecule has 0 saturated heterocycles. The van der Waals surface area contributed by atoms with Gasteiger partial charge in [-0.15, -0.1) is 0 Å². The molecule has 1 aliphatic heterocycles. The van der Waals surface area contributed by atoms with Gasteiger partial charge in [0.05, 0.1) is 12.2 Å². The fraction of sp³-hybridized carbons (Fsp3) is 0.360. The van der Waals surface area contributed by atoms with Crippen LogP contribution in [0.3, 0.4) is 0 Å². The second kappa shape index (κ2) is 9.46. The van der Waals surface area contributed by atoms with Gasteiger partial charge in [-0.1, -0.05) is 68.8 Å². The highest BCUT2D eigenvalue weighted by Gasteiger charge is 2.35. The summed E-state index contributed by atoms with van der Waals surface area (Å²) in [4.78, 5) is 37.3. The van der Waals surface area contributed by atoms with Gasteiger partial charge in [0.15, 0.2) is 5.69 Å². The zero-order chi connectivity index (χ0) is 24.5. The highest BCUT2D eigenvalue weighted by Crippen LogP contribution is 2.29. The van der Waals surface area contributed by atoms with Crippen molar-refractivity contribution >= 4 is 29.2 Å². The minimum Gasteiger partial charge on any atom is -0.357 e. The third-order valence-corrected chi connectivity index (χ3v) is 6.14. The Hall–Kier alpha value is -3.39. The topological polar surface area (TPSA) is 92.2 Å². The van der Waals surface area contributed by atoms with Crippen LogP contribution in [0.1, 0.15) is 37.0 Å². The number of carbonyl (C=O) groups excluding carboxylic acids is 2. The van der Waals surface area contributed by atoms with E-state index in [1.807, 2.05) is 63.2 Å². The van der Waals surface area contributed by atoms with Crippen molar-refractivity contribution in [1.82, 2.24) is 25.2 Å². The van der Waals surface area contributed by atoms with Crippen LogP contribution in [0, 0.1) is 5.41 Å². The molecule has 0 saturated carbocycles. The molecule has 3 aromatic rings. The fourth-order valence-electron chi connectivity index (χ4n) is 4.15. The van der Waals surface area contributed by atoms with Crippen molar-refractivity contribution in [3.63, 3.8) is 0 Å². The van der Waals surface area contributed by atoms with Crippen molar-refractivity contribution in [2.75, 3.05) is 18.5 Å². The summed E-state index contributed by atoms with van der Waals surface area (Å²) in [5.74, 6) is 0.842. The number of anilines is 1. The minimum atomic E-state index is -0.711. The van der Waals surface area contributed by atoms with Gasteiger partial charge < -0.3 is 20.1 Å². The van der Waals surface area contributed by atoms with Gasteiger partial charge in [0.25, 0.3) is 5.91 Å². The smallest absolute Gasteiger partial charge is 0.272 e. The number of halogens is 1. The number of fused-ring (bicyclic) bond motifs is 1. The molecule has 1 aliphatic rings. The molecule has 2 amide bonds. The van der Waals surface area contributed by atoms with Gasteiger partial charge in [-0.3, -0.25) is 9.59 Å². The monoisotopic (exact) mass is 480 g/mol. The quantitative estimate of drug-likeness (QED) is 0.545. The highest BCUT2D eigenvalue weighted by atomic mass is 35.5. The van der Waals surface area contributed by atoms with E-state index in [1.54, 1.807) is 13.1 Å². The Morgan fingerprint density at radius 2 is 1.76 bits per heavy atom. The molecule has 0 fully saturated rings. The molecule has 0 radical (unpaired) electrons. The third-order valence-electron chi connectivity index (χ3n) is 5.93. The Bertz CT molecular complexity index is 1200. The lowest BCUT2D eigenvalue weighted by Gasteiger charge is -2.31. The van der Waals surface area contributed by atoms with Crippen molar-refractivity contribution in [1.29, 1.82) is 0 Å². The van der Waals surface area contributed by atoms with Crippen LogP contribution < -0.4 is 15.5 Å². The molecule has 0 unspecified atom stereocenters. The van der Waals surface area contributed by atoms with Crippen LogP contribution in [0.4, 0.5) is 5.82 Å². The molecule has 2 N–H and O–H groups in total. The lowest BCUT2D eigenvalue weighted by atomic mass is 9.86. The Labute approximate surface area is 204 Å². The first-order valence-electron chi connectivity index (χ1n) is 11.2. The summed E-state index contributed by atoms with van der Waals surface area (Å²) in [7, 11) is 1.56. The van der Waals surface area contributed by atoms with E-state index in [2.05, 4.69) is 25.1 Å². The van der Waals surface area contributed by atoms with Crippen LogP contribution in [-0.4, -0.2) is 46.0 Å². The van der Waals surface area contributed by atoms with Crippen LogP contribution in [0.15, 0.2) is 48.5 Å². The summed E-state index contributed by atoms with van der Waals surface area (Å²) in [6, 6.07) is 14.6. The number of amides is 2. The number of aromatic nitrogens is 3. The molecular weight excluding hydrogens is 452 g/mol. The van der Waals surface area contributed by atoms with E-state index in [4.69, 9.17) is 16.6 Å². The third kappa shape index (κ3) is 4.77. The van der Waals surface area contributed by atoms with Gasteiger partial charge in [-0.25, -0.2) is 9.97 Å². The number of hydrogen-bond donors (Lipinski definition) is 2. The average molecular weight is 481 g/mol. The van der Waals surface area contributed by atoms with Gasteiger partial charge in [0.2, 0.25) is 5.91 Å². The highest BCUT2D eigenvalue weighted by molar-refractivity contribution is 6.29. The molecule has 9 heteroatoms. The average Bonchev–Trinajstić information content (AvgIpc) is 3.21. The fourth-order valence-corrected chi connectivity index (χ4v) is 4.31. The SMILES string of the molecule is CNC(=O)[C@@H](NC(=O)c1nc(-c2ccccc2)n2c1CN(c1cccc(Cl)n1)CC2)C(C)(C)C.